The highest BCUT2D eigenvalue weighted by molar-refractivity contribution is 6.31. The van der Waals surface area contributed by atoms with Gasteiger partial charge in [-0.3, -0.25) is 4.68 Å². The predicted octanol–water partition coefficient (Wildman–Crippen LogP) is 2.57. The maximum atomic E-state index is 9.63. The Labute approximate surface area is 148 Å². The molecule has 1 aliphatic carbocycles. The molecule has 1 aromatic heterocycles. The molecular formula is C19H27ClN3O+. The van der Waals surface area contributed by atoms with Gasteiger partial charge in [-0.25, -0.2) is 0 Å². The minimum atomic E-state index is -0.0866. The molecule has 0 aliphatic heterocycles. The average molecular weight is 349 g/mol. The van der Waals surface area contributed by atoms with E-state index < -0.39 is 0 Å². The van der Waals surface area contributed by atoms with Gasteiger partial charge in [0.25, 0.3) is 0 Å². The van der Waals surface area contributed by atoms with Crippen molar-refractivity contribution in [2.24, 2.45) is 0 Å². The van der Waals surface area contributed by atoms with E-state index in [4.69, 9.17) is 16.7 Å². The van der Waals surface area contributed by atoms with Crippen molar-refractivity contribution in [1.82, 2.24) is 9.78 Å². The molecule has 24 heavy (non-hydrogen) atoms. The fourth-order valence-corrected chi connectivity index (χ4v) is 3.79. The smallest absolute Gasteiger partial charge is 0.105 e. The van der Waals surface area contributed by atoms with Gasteiger partial charge in [0.1, 0.15) is 6.54 Å². The Morgan fingerprint density at radius 1 is 1.21 bits per heavy atom. The molecular weight excluding hydrogens is 322 g/mol. The van der Waals surface area contributed by atoms with E-state index in [0.29, 0.717) is 12.6 Å². The molecule has 3 N–H and O–H groups in total. The fourth-order valence-electron chi connectivity index (χ4n) is 3.59. The number of aliphatic hydroxyl groups excluding tert-OH is 1. The van der Waals surface area contributed by atoms with Gasteiger partial charge in [0.05, 0.1) is 24.4 Å². The molecule has 0 radical (unpaired) electrons. The van der Waals surface area contributed by atoms with Crippen molar-refractivity contribution in [3.8, 4) is 0 Å². The molecule has 4 nitrogen and oxygen atoms in total. The number of hydrogen-bond donors (Lipinski definition) is 2. The second-order valence-electron chi connectivity index (χ2n) is 6.91. The van der Waals surface area contributed by atoms with Crippen LogP contribution in [0.15, 0.2) is 24.3 Å². The zero-order valence-electron chi connectivity index (χ0n) is 14.5. The predicted molar refractivity (Wildman–Crippen MR) is 96.1 cm³/mol. The number of aromatic nitrogens is 2. The summed E-state index contributed by atoms with van der Waals surface area (Å²) in [6.07, 6.45) is 3.99. The Bertz CT molecular complexity index is 690. The standard InChI is InChI=1S/C19H26ClN3O/c1-13-18(11-21-16-7-9-17(24)10-8-16)14(2)23(22-13)12-15-5-3-4-6-19(15)20/h3-6,16-17,21,24H,7-12H2,1-2H3/p+1. The van der Waals surface area contributed by atoms with Crippen molar-refractivity contribution in [2.75, 3.05) is 0 Å². The molecule has 3 rings (SSSR count). The first-order valence-corrected chi connectivity index (χ1v) is 9.20. The topological polar surface area (TPSA) is 54.7 Å². The van der Waals surface area contributed by atoms with E-state index in [1.165, 1.54) is 11.3 Å². The Balaban J connectivity index is 1.67. The highest BCUT2D eigenvalue weighted by atomic mass is 35.5. The van der Waals surface area contributed by atoms with Gasteiger partial charge < -0.3 is 10.4 Å². The minimum Gasteiger partial charge on any atom is -0.393 e. The molecule has 0 saturated heterocycles. The lowest BCUT2D eigenvalue weighted by Gasteiger charge is -2.23. The van der Waals surface area contributed by atoms with Crippen LogP contribution in [0.1, 0.15) is 48.2 Å². The lowest BCUT2D eigenvalue weighted by molar-refractivity contribution is -0.707. The second kappa shape index (κ2) is 7.68. The summed E-state index contributed by atoms with van der Waals surface area (Å²) in [4.78, 5) is 0. The third-order valence-corrected chi connectivity index (χ3v) is 5.57. The summed E-state index contributed by atoms with van der Waals surface area (Å²) in [7, 11) is 0. The van der Waals surface area contributed by atoms with E-state index >= 15 is 0 Å². The summed E-state index contributed by atoms with van der Waals surface area (Å²) >= 11 is 6.28. The first-order valence-electron chi connectivity index (χ1n) is 8.82. The van der Waals surface area contributed by atoms with Crippen molar-refractivity contribution < 1.29 is 10.4 Å². The van der Waals surface area contributed by atoms with Crippen LogP contribution in [-0.2, 0) is 13.1 Å². The van der Waals surface area contributed by atoms with Crippen LogP contribution < -0.4 is 5.32 Å². The number of benzene rings is 1. The summed E-state index contributed by atoms with van der Waals surface area (Å²) in [5.41, 5.74) is 4.75. The summed E-state index contributed by atoms with van der Waals surface area (Å²) in [5.74, 6) is 0. The molecule has 1 aliphatic rings. The molecule has 0 unspecified atom stereocenters. The van der Waals surface area contributed by atoms with Gasteiger partial charge in [-0.1, -0.05) is 29.8 Å². The molecule has 0 spiro atoms. The lowest BCUT2D eigenvalue weighted by atomic mass is 9.93. The van der Waals surface area contributed by atoms with Crippen molar-refractivity contribution in [3.63, 3.8) is 0 Å². The first-order chi connectivity index (χ1) is 11.5. The third kappa shape index (κ3) is 4.00. The Morgan fingerprint density at radius 2 is 1.92 bits per heavy atom. The quantitative estimate of drug-likeness (QED) is 0.872. The van der Waals surface area contributed by atoms with Crippen LogP contribution in [0, 0.1) is 13.8 Å². The van der Waals surface area contributed by atoms with Crippen molar-refractivity contribution >= 4 is 11.6 Å². The van der Waals surface area contributed by atoms with Crippen molar-refractivity contribution in [2.45, 2.75) is 64.8 Å². The van der Waals surface area contributed by atoms with E-state index in [9.17, 15) is 5.11 Å². The van der Waals surface area contributed by atoms with Gasteiger partial charge in [-0.15, -0.1) is 0 Å². The van der Waals surface area contributed by atoms with Crippen LogP contribution in [0.25, 0.3) is 0 Å². The van der Waals surface area contributed by atoms with Gasteiger partial charge in [0, 0.05) is 29.1 Å². The Kier molecular flexibility index (Phi) is 5.59. The van der Waals surface area contributed by atoms with E-state index in [2.05, 4.69) is 29.9 Å². The highest BCUT2D eigenvalue weighted by Gasteiger charge is 2.23. The molecule has 0 bridgehead atoms. The number of quaternary nitrogens is 1. The molecule has 1 aromatic carbocycles. The van der Waals surface area contributed by atoms with Crippen LogP contribution in [0.3, 0.4) is 0 Å². The largest absolute Gasteiger partial charge is 0.393 e. The Morgan fingerprint density at radius 3 is 2.62 bits per heavy atom. The minimum absolute atomic E-state index is 0.0866. The summed E-state index contributed by atoms with van der Waals surface area (Å²) < 4.78 is 2.06. The number of hydrogen-bond acceptors (Lipinski definition) is 2. The van der Waals surface area contributed by atoms with E-state index in [0.717, 1.165) is 48.5 Å². The normalized spacial score (nSPS) is 21.2. The maximum Gasteiger partial charge on any atom is 0.105 e. The van der Waals surface area contributed by atoms with Crippen molar-refractivity contribution in [1.29, 1.82) is 0 Å². The number of rotatable bonds is 5. The molecule has 1 saturated carbocycles. The molecule has 2 aromatic rings. The zero-order chi connectivity index (χ0) is 17.1. The lowest BCUT2D eigenvalue weighted by Crippen LogP contribution is -2.89. The van der Waals surface area contributed by atoms with Crippen LogP contribution >= 0.6 is 11.6 Å². The fraction of sp³-hybridized carbons (Fsp3) is 0.526. The SMILES string of the molecule is Cc1nn(Cc2ccccc2Cl)c(C)c1C[NH2+]C1CCC(O)CC1. The maximum absolute atomic E-state index is 9.63. The number of aryl methyl sites for hydroxylation is 1. The first kappa shape index (κ1) is 17.5. The van der Waals surface area contributed by atoms with Gasteiger partial charge in [-0.2, -0.15) is 5.10 Å². The van der Waals surface area contributed by atoms with Crippen LogP contribution in [-0.4, -0.2) is 27.0 Å². The van der Waals surface area contributed by atoms with Crippen LogP contribution in [0.4, 0.5) is 0 Å². The molecule has 130 valence electrons. The molecule has 0 amide bonds. The summed E-state index contributed by atoms with van der Waals surface area (Å²) in [5, 5.41) is 17.6. The van der Waals surface area contributed by atoms with E-state index in [-0.39, 0.29) is 6.10 Å². The van der Waals surface area contributed by atoms with Gasteiger partial charge in [0.15, 0.2) is 0 Å². The van der Waals surface area contributed by atoms with Crippen LogP contribution in [0.5, 0.6) is 0 Å². The zero-order valence-corrected chi connectivity index (χ0v) is 15.3. The number of aliphatic hydroxyl groups is 1. The second-order valence-corrected chi connectivity index (χ2v) is 7.31. The number of nitrogens with two attached hydrogens (primary N) is 1. The van der Waals surface area contributed by atoms with Crippen LogP contribution in [0.2, 0.25) is 5.02 Å². The molecule has 5 heteroatoms. The van der Waals surface area contributed by atoms with Crippen molar-refractivity contribution in [3.05, 3.63) is 51.8 Å². The van der Waals surface area contributed by atoms with Gasteiger partial charge >= 0.3 is 0 Å². The Hall–Kier alpha value is -1.36. The van der Waals surface area contributed by atoms with E-state index in [1.807, 2.05) is 18.2 Å². The summed E-state index contributed by atoms with van der Waals surface area (Å²) in [6, 6.07) is 8.57. The van der Waals surface area contributed by atoms with Gasteiger partial charge in [0.2, 0.25) is 0 Å². The molecule has 1 heterocycles. The monoisotopic (exact) mass is 348 g/mol. The van der Waals surface area contributed by atoms with E-state index in [1.54, 1.807) is 0 Å². The van der Waals surface area contributed by atoms with Gasteiger partial charge in [-0.05, 0) is 38.3 Å². The molecule has 0 atom stereocenters. The average Bonchev–Trinajstić information content (AvgIpc) is 2.83. The third-order valence-electron chi connectivity index (χ3n) is 5.21. The molecule has 1 fully saturated rings. The summed E-state index contributed by atoms with van der Waals surface area (Å²) in [6.45, 7) is 5.90. The highest BCUT2D eigenvalue weighted by Crippen LogP contribution is 2.20. The number of halogens is 1. The number of nitrogens with zero attached hydrogens (tertiary/aromatic N) is 2.